The van der Waals surface area contributed by atoms with Crippen LogP contribution in [-0.4, -0.2) is 62.0 Å². The zero-order valence-corrected chi connectivity index (χ0v) is 21.3. The van der Waals surface area contributed by atoms with Crippen molar-refractivity contribution >= 4 is 39.7 Å². The normalized spacial score (nSPS) is 18.0. The summed E-state index contributed by atoms with van der Waals surface area (Å²) in [5.41, 5.74) is 9.04. The van der Waals surface area contributed by atoms with Crippen LogP contribution in [0.4, 0.5) is 13.2 Å². The number of nitrogens with two attached hydrogens (primary N) is 1. The largest absolute Gasteiger partial charge is 0.471 e. The number of para-hydroxylation sites is 1. The molecule has 1 fully saturated rings. The van der Waals surface area contributed by atoms with Crippen molar-refractivity contribution in [1.82, 2.24) is 24.3 Å². The van der Waals surface area contributed by atoms with E-state index in [4.69, 9.17) is 10.7 Å². The van der Waals surface area contributed by atoms with Crippen LogP contribution < -0.4 is 11.1 Å². The summed E-state index contributed by atoms with van der Waals surface area (Å²) in [5, 5.41) is 2.96. The number of halogens is 3. The topological polar surface area (TPSA) is 115 Å². The van der Waals surface area contributed by atoms with Crippen LogP contribution in [0.15, 0.2) is 48.5 Å². The lowest BCUT2D eigenvalue weighted by Gasteiger charge is -2.37. The number of fused-ring (bicyclic) bond motifs is 2. The second-order valence-electron chi connectivity index (χ2n) is 9.74. The number of benzene rings is 2. The van der Waals surface area contributed by atoms with Gasteiger partial charge in [-0.25, -0.2) is 4.98 Å². The molecule has 3 amide bonds. The van der Waals surface area contributed by atoms with Gasteiger partial charge in [-0.1, -0.05) is 18.2 Å². The van der Waals surface area contributed by atoms with Crippen LogP contribution in [0.25, 0.3) is 33.5 Å². The van der Waals surface area contributed by atoms with E-state index >= 15 is 0 Å². The molecule has 0 saturated carbocycles. The SMILES string of the molecule is CCn1c(-c2nc3cc(C(=O)N4C[C@H](NC(=O)C(F)(F)F)C[C@H](C(N)=O)C4)ccc3n2C)cc2ccccc21. The number of nitrogens with one attached hydrogen (secondary N) is 1. The summed E-state index contributed by atoms with van der Waals surface area (Å²) in [5.74, 6) is -3.56. The third-order valence-electron chi connectivity index (χ3n) is 7.22. The molecule has 3 N–H and O–H groups in total. The molecule has 1 aliphatic rings. The van der Waals surface area contributed by atoms with E-state index in [-0.39, 0.29) is 25.1 Å². The maximum absolute atomic E-state index is 13.4. The van der Waals surface area contributed by atoms with Crippen molar-refractivity contribution in [2.45, 2.75) is 32.1 Å². The smallest absolute Gasteiger partial charge is 0.369 e. The zero-order chi connectivity index (χ0) is 28.1. The molecule has 0 unspecified atom stereocenters. The third-order valence-corrected chi connectivity index (χ3v) is 7.22. The Kier molecular flexibility index (Phi) is 6.57. The molecule has 1 aliphatic heterocycles. The van der Waals surface area contributed by atoms with Gasteiger partial charge in [0.15, 0.2) is 5.82 Å². The summed E-state index contributed by atoms with van der Waals surface area (Å²) in [6, 6.07) is 14.0. The molecule has 39 heavy (non-hydrogen) atoms. The fourth-order valence-electron chi connectivity index (χ4n) is 5.32. The molecule has 2 atom stereocenters. The van der Waals surface area contributed by atoms with E-state index in [0.717, 1.165) is 28.7 Å². The first-order valence-electron chi connectivity index (χ1n) is 12.5. The Morgan fingerprint density at radius 3 is 2.51 bits per heavy atom. The lowest BCUT2D eigenvalue weighted by Crippen LogP contribution is -2.56. The summed E-state index contributed by atoms with van der Waals surface area (Å²) in [4.78, 5) is 42.9. The van der Waals surface area contributed by atoms with Crippen molar-refractivity contribution in [3.63, 3.8) is 0 Å². The molecule has 0 spiro atoms. The van der Waals surface area contributed by atoms with E-state index in [2.05, 4.69) is 17.6 Å². The monoisotopic (exact) mass is 540 g/mol. The predicted octanol–water partition coefficient (Wildman–Crippen LogP) is 3.21. The number of aromatic nitrogens is 3. The van der Waals surface area contributed by atoms with Gasteiger partial charge in [0.2, 0.25) is 5.91 Å². The van der Waals surface area contributed by atoms with Gasteiger partial charge in [0.25, 0.3) is 5.91 Å². The molecule has 0 aliphatic carbocycles. The maximum atomic E-state index is 13.4. The summed E-state index contributed by atoms with van der Waals surface area (Å²) in [6.45, 7) is 2.54. The number of piperidine rings is 1. The van der Waals surface area contributed by atoms with Gasteiger partial charge in [-0.15, -0.1) is 0 Å². The Morgan fingerprint density at radius 2 is 1.82 bits per heavy atom. The number of aryl methyl sites for hydroxylation is 2. The molecule has 0 bridgehead atoms. The number of carbonyl (C=O) groups excluding carboxylic acids is 3. The molecule has 2 aromatic heterocycles. The van der Waals surface area contributed by atoms with E-state index in [9.17, 15) is 27.6 Å². The second-order valence-corrected chi connectivity index (χ2v) is 9.74. The van der Waals surface area contributed by atoms with Crippen LogP contribution in [-0.2, 0) is 23.2 Å². The number of alkyl halides is 3. The van der Waals surface area contributed by atoms with E-state index in [1.165, 1.54) is 4.90 Å². The van der Waals surface area contributed by atoms with Gasteiger partial charge in [0.05, 0.1) is 22.6 Å². The Bertz CT molecular complexity index is 1610. The fourth-order valence-corrected chi connectivity index (χ4v) is 5.32. The Balaban J connectivity index is 1.46. The first kappa shape index (κ1) is 26.3. The van der Waals surface area contributed by atoms with Crippen molar-refractivity contribution in [2.24, 2.45) is 18.7 Å². The highest BCUT2D eigenvalue weighted by Crippen LogP contribution is 2.30. The van der Waals surface area contributed by atoms with Crippen molar-refractivity contribution in [1.29, 1.82) is 0 Å². The number of imidazole rings is 1. The molecular formula is C27H27F3N6O3. The average Bonchev–Trinajstić information content (AvgIpc) is 3.44. The minimum Gasteiger partial charge on any atom is -0.369 e. The standard InChI is InChI=1S/C27H27F3N6O3/c1-3-36-20-7-5-4-6-15(20)12-22(36)24-33-19-11-16(8-9-21(19)34(24)2)25(38)35-13-17(23(31)37)10-18(14-35)32-26(39)27(28,29)30/h4-9,11-12,17-18H,3,10,13-14H2,1-2H3,(H2,31,37)(H,32,39)/t17-,18+/m0/s1. The molecular weight excluding hydrogens is 513 g/mol. The summed E-state index contributed by atoms with van der Waals surface area (Å²) in [6.07, 6.45) is -5.17. The lowest BCUT2D eigenvalue weighted by molar-refractivity contribution is -0.174. The second kappa shape index (κ2) is 9.75. The molecule has 204 valence electrons. The van der Waals surface area contributed by atoms with Gasteiger partial charge in [0.1, 0.15) is 0 Å². The van der Waals surface area contributed by atoms with Crippen LogP contribution in [0.2, 0.25) is 0 Å². The van der Waals surface area contributed by atoms with Crippen LogP contribution in [0.1, 0.15) is 23.7 Å². The number of hydrogen-bond acceptors (Lipinski definition) is 4. The van der Waals surface area contributed by atoms with E-state index in [1.54, 1.807) is 18.2 Å². The van der Waals surface area contributed by atoms with Crippen LogP contribution in [0, 0.1) is 5.92 Å². The highest BCUT2D eigenvalue weighted by atomic mass is 19.4. The van der Waals surface area contributed by atoms with Gasteiger partial charge in [-0.3, -0.25) is 14.4 Å². The predicted molar refractivity (Wildman–Crippen MR) is 139 cm³/mol. The van der Waals surface area contributed by atoms with Gasteiger partial charge in [-0.2, -0.15) is 13.2 Å². The Hall–Kier alpha value is -4.35. The van der Waals surface area contributed by atoms with Gasteiger partial charge in [-0.05, 0) is 43.7 Å². The number of nitrogens with zero attached hydrogens (tertiary/aromatic N) is 4. The summed E-state index contributed by atoms with van der Waals surface area (Å²) in [7, 11) is 1.89. The highest BCUT2D eigenvalue weighted by molar-refractivity contribution is 5.98. The van der Waals surface area contributed by atoms with Crippen molar-refractivity contribution in [2.75, 3.05) is 13.1 Å². The minimum atomic E-state index is -5.08. The first-order valence-corrected chi connectivity index (χ1v) is 12.5. The van der Waals surface area contributed by atoms with Crippen LogP contribution in [0.5, 0.6) is 0 Å². The van der Waals surface area contributed by atoms with Crippen LogP contribution >= 0.6 is 0 Å². The summed E-state index contributed by atoms with van der Waals surface area (Å²) >= 11 is 0. The minimum absolute atomic E-state index is 0.0608. The molecule has 4 aromatic rings. The molecule has 1 saturated heterocycles. The molecule has 2 aromatic carbocycles. The number of primary amides is 1. The fraction of sp³-hybridized carbons (Fsp3) is 0.333. The molecule has 5 rings (SSSR count). The number of rotatable bonds is 5. The Labute approximate surface area is 221 Å². The number of amides is 3. The van der Waals surface area contributed by atoms with Crippen molar-refractivity contribution in [3.8, 4) is 11.5 Å². The number of carbonyl (C=O) groups is 3. The molecule has 9 nitrogen and oxygen atoms in total. The van der Waals surface area contributed by atoms with E-state index < -0.39 is 35.9 Å². The van der Waals surface area contributed by atoms with E-state index in [0.29, 0.717) is 11.3 Å². The molecule has 3 heterocycles. The quantitative estimate of drug-likeness (QED) is 0.405. The lowest BCUT2D eigenvalue weighted by atomic mass is 9.93. The zero-order valence-electron chi connectivity index (χ0n) is 21.3. The van der Waals surface area contributed by atoms with E-state index in [1.807, 2.05) is 41.2 Å². The van der Waals surface area contributed by atoms with Crippen LogP contribution in [0.3, 0.4) is 0 Å². The first-order chi connectivity index (χ1) is 18.5. The molecule has 12 heteroatoms. The van der Waals surface area contributed by atoms with Crippen molar-refractivity contribution in [3.05, 3.63) is 54.1 Å². The maximum Gasteiger partial charge on any atom is 0.471 e. The molecule has 0 radical (unpaired) electrons. The van der Waals surface area contributed by atoms with Crippen molar-refractivity contribution < 1.29 is 27.6 Å². The number of hydrogen-bond donors (Lipinski definition) is 2. The number of likely N-dealkylation sites (tertiary alicyclic amines) is 1. The average molecular weight is 541 g/mol. The van der Waals surface area contributed by atoms with Gasteiger partial charge in [0, 0.05) is 49.2 Å². The van der Waals surface area contributed by atoms with Gasteiger partial charge < -0.3 is 25.1 Å². The third kappa shape index (κ3) is 4.82. The van der Waals surface area contributed by atoms with Gasteiger partial charge >= 0.3 is 12.1 Å². The summed E-state index contributed by atoms with van der Waals surface area (Å²) < 4.78 is 42.5. The highest BCUT2D eigenvalue weighted by Gasteiger charge is 2.42. The Morgan fingerprint density at radius 1 is 1.08 bits per heavy atom.